The largest absolute Gasteiger partial charge is 0.345 e. The standard InChI is InChI=1S/C16H17ClN2O/c1-12-5-2-3-7-14(12)15(8-9-17)19-16(20)13-6-4-10-18-11-13/h2-7,10-11,15H,8-9H2,1H3,(H,19,20). The van der Waals surface area contributed by atoms with Crippen LogP contribution in [0.3, 0.4) is 0 Å². The maximum absolute atomic E-state index is 12.2. The molecule has 1 amide bonds. The lowest BCUT2D eigenvalue weighted by Gasteiger charge is -2.20. The molecule has 0 aliphatic rings. The van der Waals surface area contributed by atoms with E-state index in [0.29, 0.717) is 17.9 Å². The van der Waals surface area contributed by atoms with Gasteiger partial charge in [0.25, 0.3) is 5.91 Å². The van der Waals surface area contributed by atoms with Crippen molar-refractivity contribution in [2.24, 2.45) is 0 Å². The van der Waals surface area contributed by atoms with Gasteiger partial charge in [0, 0.05) is 18.3 Å². The molecule has 104 valence electrons. The van der Waals surface area contributed by atoms with Crippen LogP contribution in [0, 0.1) is 6.92 Å². The second-order valence-corrected chi connectivity index (χ2v) is 4.98. The van der Waals surface area contributed by atoms with E-state index in [0.717, 1.165) is 11.1 Å². The minimum Gasteiger partial charge on any atom is -0.345 e. The molecule has 1 aromatic heterocycles. The molecule has 3 nitrogen and oxygen atoms in total. The van der Waals surface area contributed by atoms with E-state index in [2.05, 4.69) is 10.3 Å². The Morgan fingerprint density at radius 3 is 2.75 bits per heavy atom. The van der Waals surface area contributed by atoms with Gasteiger partial charge in [-0.25, -0.2) is 0 Å². The molecule has 0 bridgehead atoms. The Hall–Kier alpha value is -1.87. The third kappa shape index (κ3) is 3.58. The summed E-state index contributed by atoms with van der Waals surface area (Å²) in [5, 5.41) is 3.03. The van der Waals surface area contributed by atoms with Gasteiger partial charge in [0.2, 0.25) is 0 Å². The van der Waals surface area contributed by atoms with E-state index in [4.69, 9.17) is 11.6 Å². The van der Waals surface area contributed by atoms with E-state index in [1.807, 2.05) is 31.2 Å². The van der Waals surface area contributed by atoms with Gasteiger partial charge in [-0.15, -0.1) is 11.6 Å². The number of pyridine rings is 1. The van der Waals surface area contributed by atoms with E-state index in [-0.39, 0.29) is 11.9 Å². The Bertz CT molecular complexity index is 572. The van der Waals surface area contributed by atoms with Crippen molar-refractivity contribution in [2.75, 3.05) is 5.88 Å². The summed E-state index contributed by atoms with van der Waals surface area (Å²) in [6, 6.07) is 11.4. The lowest BCUT2D eigenvalue weighted by Crippen LogP contribution is -2.29. The molecule has 1 unspecified atom stereocenters. The smallest absolute Gasteiger partial charge is 0.253 e. The van der Waals surface area contributed by atoms with Crippen molar-refractivity contribution in [3.63, 3.8) is 0 Å². The van der Waals surface area contributed by atoms with Crippen LogP contribution >= 0.6 is 11.6 Å². The van der Waals surface area contributed by atoms with Crippen LogP contribution in [0.2, 0.25) is 0 Å². The number of aromatic nitrogens is 1. The first-order valence-corrected chi connectivity index (χ1v) is 7.08. The first-order chi connectivity index (χ1) is 9.72. The fourth-order valence-corrected chi connectivity index (χ4v) is 2.35. The Balaban J connectivity index is 2.18. The highest BCUT2D eigenvalue weighted by Crippen LogP contribution is 2.21. The van der Waals surface area contributed by atoms with E-state index < -0.39 is 0 Å². The fraction of sp³-hybridized carbons (Fsp3) is 0.250. The molecule has 0 saturated carbocycles. The van der Waals surface area contributed by atoms with Gasteiger partial charge >= 0.3 is 0 Å². The minimum atomic E-state index is -0.128. The summed E-state index contributed by atoms with van der Waals surface area (Å²) >= 11 is 5.86. The second-order valence-electron chi connectivity index (χ2n) is 4.60. The van der Waals surface area contributed by atoms with Crippen molar-refractivity contribution in [1.29, 1.82) is 0 Å². The highest BCUT2D eigenvalue weighted by Gasteiger charge is 2.16. The summed E-state index contributed by atoms with van der Waals surface area (Å²) in [4.78, 5) is 16.2. The number of rotatable bonds is 5. The lowest BCUT2D eigenvalue weighted by molar-refractivity contribution is 0.0935. The SMILES string of the molecule is Cc1ccccc1C(CCCl)NC(=O)c1cccnc1. The van der Waals surface area contributed by atoms with Crippen LogP contribution in [-0.2, 0) is 0 Å². The van der Waals surface area contributed by atoms with E-state index in [1.54, 1.807) is 24.5 Å². The molecule has 0 saturated heterocycles. The summed E-state index contributed by atoms with van der Waals surface area (Å²) in [7, 11) is 0. The third-order valence-electron chi connectivity index (χ3n) is 3.19. The number of aryl methyl sites for hydroxylation is 1. The summed E-state index contributed by atoms with van der Waals surface area (Å²) in [5.74, 6) is 0.364. The van der Waals surface area contributed by atoms with Crippen LogP contribution in [0.15, 0.2) is 48.8 Å². The van der Waals surface area contributed by atoms with E-state index in [9.17, 15) is 4.79 Å². The van der Waals surface area contributed by atoms with Gasteiger partial charge in [-0.3, -0.25) is 9.78 Å². The van der Waals surface area contributed by atoms with Crippen LogP contribution in [0.25, 0.3) is 0 Å². The summed E-state index contributed by atoms with van der Waals surface area (Å²) in [6.45, 7) is 2.03. The molecule has 2 aromatic rings. The number of benzene rings is 1. The molecule has 2 rings (SSSR count). The Morgan fingerprint density at radius 1 is 1.30 bits per heavy atom. The number of carbonyl (C=O) groups excluding carboxylic acids is 1. The molecule has 0 radical (unpaired) electrons. The van der Waals surface area contributed by atoms with Gasteiger partial charge in [0.15, 0.2) is 0 Å². The first kappa shape index (κ1) is 14.5. The molecule has 1 atom stereocenters. The number of halogens is 1. The fourth-order valence-electron chi connectivity index (χ4n) is 2.13. The average molecular weight is 289 g/mol. The van der Waals surface area contributed by atoms with Gasteiger partial charge in [-0.1, -0.05) is 24.3 Å². The topological polar surface area (TPSA) is 42.0 Å². The maximum Gasteiger partial charge on any atom is 0.253 e. The van der Waals surface area contributed by atoms with Crippen molar-refractivity contribution in [2.45, 2.75) is 19.4 Å². The zero-order chi connectivity index (χ0) is 14.4. The molecule has 1 heterocycles. The monoisotopic (exact) mass is 288 g/mol. The van der Waals surface area contributed by atoms with E-state index >= 15 is 0 Å². The van der Waals surface area contributed by atoms with Crippen molar-refractivity contribution in [3.8, 4) is 0 Å². The number of hydrogen-bond donors (Lipinski definition) is 1. The highest BCUT2D eigenvalue weighted by molar-refractivity contribution is 6.17. The molecule has 0 aliphatic heterocycles. The predicted octanol–water partition coefficient (Wildman–Crippen LogP) is 3.49. The third-order valence-corrected chi connectivity index (χ3v) is 3.41. The number of hydrogen-bond acceptors (Lipinski definition) is 2. The first-order valence-electron chi connectivity index (χ1n) is 6.54. The quantitative estimate of drug-likeness (QED) is 0.856. The predicted molar refractivity (Wildman–Crippen MR) is 81.0 cm³/mol. The van der Waals surface area contributed by atoms with Crippen molar-refractivity contribution in [3.05, 3.63) is 65.5 Å². The zero-order valence-electron chi connectivity index (χ0n) is 11.3. The Labute approximate surface area is 124 Å². The van der Waals surface area contributed by atoms with Crippen LogP contribution in [0.4, 0.5) is 0 Å². The molecule has 0 fully saturated rings. The molecule has 1 aromatic carbocycles. The second kappa shape index (κ2) is 7.06. The number of amides is 1. The number of nitrogens with zero attached hydrogens (tertiary/aromatic N) is 1. The summed E-state index contributed by atoms with van der Waals surface area (Å²) < 4.78 is 0. The highest BCUT2D eigenvalue weighted by atomic mass is 35.5. The molecular formula is C16H17ClN2O. The zero-order valence-corrected chi connectivity index (χ0v) is 12.1. The molecule has 20 heavy (non-hydrogen) atoms. The van der Waals surface area contributed by atoms with Gasteiger partial charge in [0.1, 0.15) is 0 Å². The maximum atomic E-state index is 12.2. The minimum absolute atomic E-state index is 0.0820. The van der Waals surface area contributed by atoms with Crippen LogP contribution < -0.4 is 5.32 Å². The number of carbonyl (C=O) groups is 1. The number of alkyl halides is 1. The van der Waals surface area contributed by atoms with Crippen LogP contribution in [0.5, 0.6) is 0 Å². The number of nitrogens with one attached hydrogen (secondary N) is 1. The van der Waals surface area contributed by atoms with E-state index in [1.165, 1.54) is 0 Å². The molecular weight excluding hydrogens is 272 g/mol. The van der Waals surface area contributed by atoms with Crippen LogP contribution in [0.1, 0.15) is 33.9 Å². The van der Waals surface area contributed by atoms with Gasteiger partial charge in [-0.2, -0.15) is 0 Å². The summed E-state index contributed by atoms with van der Waals surface area (Å²) in [5.41, 5.74) is 2.81. The molecule has 4 heteroatoms. The average Bonchev–Trinajstić information content (AvgIpc) is 2.48. The van der Waals surface area contributed by atoms with Crippen molar-refractivity contribution >= 4 is 17.5 Å². The van der Waals surface area contributed by atoms with Crippen molar-refractivity contribution in [1.82, 2.24) is 10.3 Å². The molecule has 0 aliphatic carbocycles. The normalized spacial score (nSPS) is 11.9. The van der Waals surface area contributed by atoms with Crippen LogP contribution in [-0.4, -0.2) is 16.8 Å². The Kier molecular flexibility index (Phi) is 5.13. The van der Waals surface area contributed by atoms with Gasteiger partial charge in [-0.05, 0) is 36.6 Å². The van der Waals surface area contributed by atoms with Gasteiger partial charge in [0.05, 0.1) is 11.6 Å². The van der Waals surface area contributed by atoms with Crippen molar-refractivity contribution < 1.29 is 4.79 Å². The van der Waals surface area contributed by atoms with Gasteiger partial charge < -0.3 is 5.32 Å². The molecule has 0 spiro atoms. The Morgan fingerprint density at radius 2 is 2.10 bits per heavy atom. The lowest BCUT2D eigenvalue weighted by atomic mass is 9.99. The molecule has 1 N–H and O–H groups in total. The summed E-state index contributed by atoms with van der Waals surface area (Å²) in [6.07, 6.45) is 3.90.